The third kappa shape index (κ3) is 9.50. The summed E-state index contributed by atoms with van der Waals surface area (Å²) in [5.41, 5.74) is 3.02. The molecule has 3 N–H and O–H groups in total. The molecule has 6 nitrogen and oxygen atoms in total. The molecule has 36 heavy (non-hydrogen) atoms. The lowest BCUT2D eigenvalue weighted by Crippen LogP contribution is -2.34. The van der Waals surface area contributed by atoms with E-state index in [1.807, 2.05) is 30.3 Å². The number of carbonyl (C=O) groups excluding carboxylic acids is 2. The normalized spacial score (nSPS) is 10.4. The largest absolute Gasteiger partial charge is 0.494 e. The van der Waals surface area contributed by atoms with Crippen molar-refractivity contribution in [3.05, 3.63) is 90.0 Å². The van der Waals surface area contributed by atoms with E-state index in [2.05, 4.69) is 22.9 Å². The van der Waals surface area contributed by atoms with E-state index in [9.17, 15) is 9.59 Å². The number of unbranched alkanes of at least 4 members (excludes halogenated alkanes) is 3. The molecule has 0 aromatic heterocycles. The fourth-order valence-corrected chi connectivity index (χ4v) is 3.73. The van der Waals surface area contributed by atoms with Crippen LogP contribution in [0.2, 0.25) is 0 Å². The van der Waals surface area contributed by atoms with Crippen LogP contribution >= 0.6 is 12.2 Å². The molecule has 7 heteroatoms. The number of carbonyl (C=O) groups is 2. The molecule has 2 amide bonds. The fraction of sp³-hybridized carbons (Fsp3) is 0.276. The molecule has 3 aromatic rings. The predicted octanol–water partition coefficient (Wildman–Crippen LogP) is 6.34. The smallest absolute Gasteiger partial charge is 0.257 e. The molecular formula is C29H33N3O3S. The highest BCUT2D eigenvalue weighted by molar-refractivity contribution is 7.80. The van der Waals surface area contributed by atoms with Gasteiger partial charge in [0.2, 0.25) is 5.91 Å². The second-order valence-electron chi connectivity index (χ2n) is 8.45. The van der Waals surface area contributed by atoms with Gasteiger partial charge in [-0.2, -0.15) is 0 Å². The Bertz CT molecular complexity index is 1120. The number of hydrogen-bond acceptors (Lipinski definition) is 4. The Balaban J connectivity index is 1.40. The van der Waals surface area contributed by atoms with Gasteiger partial charge in [-0.25, -0.2) is 0 Å². The lowest BCUT2D eigenvalue weighted by molar-refractivity contribution is -0.116. The van der Waals surface area contributed by atoms with Gasteiger partial charge in [-0.05, 0) is 79.2 Å². The summed E-state index contributed by atoms with van der Waals surface area (Å²) in [4.78, 5) is 24.7. The van der Waals surface area contributed by atoms with Crippen molar-refractivity contribution in [1.82, 2.24) is 5.32 Å². The van der Waals surface area contributed by atoms with Crippen LogP contribution in [0.4, 0.5) is 11.4 Å². The summed E-state index contributed by atoms with van der Waals surface area (Å²) < 4.78 is 5.72. The first-order valence-corrected chi connectivity index (χ1v) is 12.7. The SMILES string of the molecule is CCCCCCOc1ccc(C(=O)NC(=S)Nc2ccc(NC(=O)CCc3ccccc3)cc2)cc1. The Morgan fingerprint density at radius 3 is 2.14 bits per heavy atom. The Hall–Kier alpha value is -3.71. The van der Waals surface area contributed by atoms with Gasteiger partial charge in [0.1, 0.15) is 5.75 Å². The van der Waals surface area contributed by atoms with Gasteiger partial charge in [-0.1, -0.05) is 56.5 Å². The number of rotatable bonds is 12. The first kappa shape index (κ1) is 26.9. The zero-order valence-corrected chi connectivity index (χ0v) is 21.4. The van der Waals surface area contributed by atoms with Gasteiger partial charge in [0, 0.05) is 23.4 Å². The number of hydrogen-bond donors (Lipinski definition) is 3. The number of thiocarbonyl (C=S) groups is 1. The van der Waals surface area contributed by atoms with Crippen LogP contribution < -0.4 is 20.7 Å². The van der Waals surface area contributed by atoms with Gasteiger partial charge in [0.15, 0.2) is 5.11 Å². The summed E-state index contributed by atoms with van der Waals surface area (Å²) in [5.74, 6) is 0.399. The van der Waals surface area contributed by atoms with Gasteiger partial charge in [0.25, 0.3) is 5.91 Å². The molecule has 3 rings (SSSR count). The summed E-state index contributed by atoms with van der Waals surface area (Å²) in [6.45, 7) is 2.86. The second-order valence-corrected chi connectivity index (χ2v) is 8.86. The van der Waals surface area contributed by atoms with Crippen LogP contribution in [0.3, 0.4) is 0 Å². The maximum absolute atomic E-state index is 12.5. The van der Waals surface area contributed by atoms with Crippen molar-refractivity contribution in [2.75, 3.05) is 17.2 Å². The van der Waals surface area contributed by atoms with Crippen LogP contribution in [0.1, 0.15) is 54.9 Å². The van der Waals surface area contributed by atoms with E-state index in [1.54, 1.807) is 48.5 Å². The molecule has 0 aliphatic rings. The molecule has 0 aliphatic heterocycles. The van der Waals surface area contributed by atoms with Crippen LogP contribution in [-0.4, -0.2) is 23.5 Å². The highest BCUT2D eigenvalue weighted by atomic mass is 32.1. The summed E-state index contributed by atoms with van der Waals surface area (Å²) >= 11 is 5.28. The second kappa shape index (κ2) is 14.6. The maximum Gasteiger partial charge on any atom is 0.257 e. The summed E-state index contributed by atoms with van der Waals surface area (Å²) in [6.07, 6.45) is 5.69. The van der Waals surface area contributed by atoms with E-state index in [4.69, 9.17) is 17.0 Å². The Kier molecular flexibility index (Phi) is 10.9. The summed E-state index contributed by atoms with van der Waals surface area (Å²) in [7, 11) is 0. The summed E-state index contributed by atoms with van der Waals surface area (Å²) in [5, 5.41) is 8.75. The van der Waals surface area contributed by atoms with Crippen molar-refractivity contribution < 1.29 is 14.3 Å². The first-order valence-electron chi connectivity index (χ1n) is 12.3. The molecule has 0 fully saturated rings. The molecule has 0 radical (unpaired) electrons. The average molecular weight is 504 g/mol. The molecule has 0 aliphatic carbocycles. The third-order valence-corrected chi connectivity index (χ3v) is 5.72. The van der Waals surface area contributed by atoms with Gasteiger partial charge >= 0.3 is 0 Å². The highest BCUT2D eigenvalue weighted by Crippen LogP contribution is 2.15. The lowest BCUT2D eigenvalue weighted by Gasteiger charge is -2.11. The van der Waals surface area contributed by atoms with E-state index in [1.165, 1.54) is 12.8 Å². The van der Waals surface area contributed by atoms with E-state index in [0.29, 0.717) is 36.4 Å². The number of aryl methyl sites for hydroxylation is 1. The van der Waals surface area contributed by atoms with Crippen LogP contribution in [0.25, 0.3) is 0 Å². The molecule has 0 spiro atoms. The Morgan fingerprint density at radius 2 is 1.47 bits per heavy atom. The van der Waals surface area contributed by atoms with Crippen molar-refractivity contribution in [2.24, 2.45) is 0 Å². The average Bonchev–Trinajstić information content (AvgIpc) is 2.89. The highest BCUT2D eigenvalue weighted by Gasteiger charge is 2.09. The quantitative estimate of drug-likeness (QED) is 0.198. The Morgan fingerprint density at radius 1 is 0.806 bits per heavy atom. The molecule has 0 atom stereocenters. The first-order chi connectivity index (χ1) is 17.5. The van der Waals surface area contributed by atoms with Gasteiger partial charge in [-0.3, -0.25) is 14.9 Å². The number of ether oxygens (including phenoxy) is 1. The monoisotopic (exact) mass is 503 g/mol. The Labute approximate surface area is 218 Å². The van der Waals surface area contributed by atoms with Gasteiger partial charge < -0.3 is 15.4 Å². The van der Waals surface area contributed by atoms with Crippen LogP contribution in [0.5, 0.6) is 5.75 Å². The molecule has 188 valence electrons. The van der Waals surface area contributed by atoms with Crippen LogP contribution in [-0.2, 0) is 11.2 Å². The zero-order chi connectivity index (χ0) is 25.6. The van der Waals surface area contributed by atoms with Crippen molar-refractivity contribution in [3.63, 3.8) is 0 Å². The molecule has 3 aromatic carbocycles. The number of anilines is 2. The van der Waals surface area contributed by atoms with E-state index < -0.39 is 0 Å². The van der Waals surface area contributed by atoms with Crippen molar-refractivity contribution in [2.45, 2.75) is 45.4 Å². The number of benzene rings is 3. The van der Waals surface area contributed by atoms with Crippen molar-refractivity contribution in [3.8, 4) is 5.75 Å². The predicted molar refractivity (Wildman–Crippen MR) is 150 cm³/mol. The van der Waals surface area contributed by atoms with Crippen molar-refractivity contribution >= 4 is 40.5 Å². The standard InChI is InChI=1S/C29H33N3O3S/c1-2-3-4-8-21-35-26-18-12-23(13-19-26)28(34)32-29(36)31-25-16-14-24(15-17-25)30-27(33)20-11-22-9-6-5-7-10-22/h5-7,9-10,12-19H,2-4,8,11,20-21H2,1H3,(H,30,33)(H2,31,32,34,36). The maximum atomic E-state index is 12.5. The zero-order valence-electron chi connectivity index (χ0n) is 20.6. The minimum absolute atomic E-state index is 0.0461. The molecule has 0 bridgehead atoms. The lowest BCUT2D eigenvalue weighted by atomic mass is 10.1. The molecule has 0 unspecified atom stereocenters. The van der Waals surface area contributed by atoms with Gasteiger partial charge in [0.05, 0.1) is 6.61 Å². The van der Waals surface area contributed by atoms with Crippen molar-refractivity contribution in [1.29, 1.82) is 0 Å². The molecule has 0 saturated carbocycles. The van der Waals surface area contributed by atoms with E-state index in [-0.39, 0.29) is 16.9 Å². The van der Waals surface area contributed by atoms with Crippen LogP contribution in [0, 0.1) is 0 Å². The van der Waals surface area contributed by atoms with Gasteiger partial charge in [-0.15, -0.1) is 0 Å². The molecular weight excluding hydrogens is 470 g/mol. The minimum atomic E-state index is -0.302. The topological polar surface area (TPSA) is 79.5 Å². The van der Waals surface area contributed by atoms with E-state index >= 15 is 0 Å². The van der Waals surface area contributed by atoms with Crippen LogP contribution in [0.15, 0.2) is 78.9 Å². The fourth-order valence-electron chi connectivity index (χ4n) is 3.52. The summed E-state index contributed by atoms with van der Waals surface area (Å²) in [6, 6.07) is 24.1. The molecule has 0 saturated heterocycles. The molecule has 0 heterocycles. The number of amides is 2. The third-order valence-electron chi connectivity index (χ3n) is 5.52. The van der Waals surface area contributed by atoms with E-state index in [0.717, 1.165) is 24.2 Å². The minimum Gasteiger partial charge on any atom is -0.494 e. The number of nitrogens with one attached hydrogen (secondary N) is 3.